The van der Waals surface area contributed by atoms with Gasteiger partial charge < -0.3 is 9.64 Å². The quantitative estimate of drug-likeness (QED) is 0.734. The molecular formula is C11H16FNO. The SMILES string of the molecule is CCOc1ccc(CN(C)C)cc1F. The molecule has 2 nitrogen and oxygen atoms in total. The molecule has 0 radical (unpaired) electrons. The number of hydrogen-bond donors (Lipinski definition) is 0. The summed E-state index contributed by atoms with van der Waals surface area (Å²) in [4.78, 5) is 2.00. The Morgan fingerprint density at radius 2 is 2.07 bits per heavy atom. The highest BCUT2D eigenvalue weighted by Crippen LogP contribution is 2.18. The average molecular weight is 197 g/mol. The molecule has 0 atom stereocenters. The highest BCUT2D eigenvalue weighted by atomic mass is 19.1. The molecule has 0 saturated carbocycles. The van der Waals surface area contributed by atoms with Crippen molar-refractivity contribution >= 4 is 0 Å². The molecule has 0 aliphatic heterocycles. The Bertz CT molecular complexity index is 299. The van der Waals surface area contributed by atoms with Crippen LogP contribution in [0.2, 0.25) is 0 Å². The standard InChI is InChI=1S/C11H16FNO/c1-4-14-11-6-5-9(7-10(11)12)8-13(2)3/h5-7H,4,8H2,1-3H3. The first-order chi connectivity index (χ1) is 6.63. The molecule has 0 aromatic heterocycles. The topological polar surface area (TPSA) is 12.5 Å². The zero-order chi connectivity index (χ0) is 10.6. The predicted molar refractivity (Wildman–Crippen MR) is 55.0 cm³/mol. The second-order valence-electron chi connectivity index (χ2n) is 3.44. The van der Waals surface area contributed by atoms with E-state index >= 15 is 0 Å². The highest BCUT2D eigenvalue weighted by Gasteiger charge is 2.04. The van der Waals surface area contributed by atoms with E-state index in [-0.39, 0.29) is 5.82 Å². The van der Waals surface area contributed by atoms with Crippen molar-refractivity contribution in [2.75, 3.05) is 20.7 Å². The van der Waals surface area contributed by atoms with Crippen LogP contribution in [0.1, 0.15) is 12.5 Å². The van der Waals surface area contributed by atoms with Crippen molar-refractivity contribution in [1.82, 2.24) is 4.90 Å². The Kier molecular flexibility index (Phi) is 3.89. The van der Waals surface area contributed by atoms with E-state index < -0.39 is 0 Å². The molecule has 0 spiro atoms. The Morgan fingerprint density at radius 1 is 1.36 bits per heavy atom. The lowest BCUT2D eigenvalue weighted by Gasteiger charge is -2.11. The second kappa shape index (κ2) is 4.96. The van der Waals surface area contributed by atoms with Gasteiger partial charge in [-0.15, -0.1) is 0 Å². The Hall–Kier alpha value is -1.09. The minimum Gasteiger partial charge on any atom is -0.491 e. The maximum Gasteiger partial charge on any atom is 0.165 e. The molecule has 1 aromatic carbocycles. The molecule has 0 N–H and O–H groups in total. The molecule has 0 fully saturated rings. The summed E-state index contributed by atoms with van der Waals surface area (Å²) in [6, 6.07) is 5.08. The van der Waals surface area contributed by atoms with Gasteiger partial charge in [0.25, 0.3) is 0 Å². The molecule has 0 saturated heterocycles. The van der Waals surface area contributed by atoms with Crippen LogP contribution in [0, 0.1) is 5.82 Å². The van der Waals surface area contributed by atoms with E-state index in [2.05, 4.69) is 0 Å². The lowest BCUT2D eigenvalue weighted by atomic mass is 10.2. The van der Waals surface area contributed by atoms with Crippen LogP contribution in [0.15, 0.2) is 18.2 Å². The van der Waals surface area contributed by atoms with E-state index in [1.807, 2.05) is 32.0 Å². The summed E-state index contributed by atoms with van der Waals surface area (Å²) in [6.07, 6.45) is 0. The second-order valence-corrected chi connectivity index (χ2v) is 3.44. The van der Waals surface area contributed by atoms with Gasteiger partial charge in [0, 0.05) is 6.54 Å². The van der Waals surface area contributed by atoms with Gasteiger partial charge in [-0.05, 0) is 38.7 Å². The van der Waals surface area contributed by atoms with Crippen LogP contribution in [-0.4, -0.2) is 25.6 Å². The number of nitrogens with zero attached hydrogens (tertiary/aromatic N) is 1. The van der Waals surface area contributed by atoms with E-state index in [0.717, 1.165) is 12.1 Å². The number of hydrogen-bond acceptors (Lipinski definition) is 2. The Balaban J connectivity index is 2.78. The van der Waals surface area contributed by atoms with Crippen molar-refractivity contribution < 1.29 is 9.13 Å². The fourth-order valence-electron chi connectivity index (χ4n) is 1.28. The van der Waals surface area contributed by atoms with Crippen molar-refractivity contribution in [2.45, 2.75) is 13.5 Å². The summed E-state index contributed by atoms with van der Waals surface area (Å²) in [6.45, 7) is 3.07. The first-order valence-corrected chi connectivity index (χ1v) is 4.69. The number of rotatable bonds is 4. The van der Waals surface area contributed by atoms with E-state index in [4.69, 9.17) is 4.74 Å². The third kappa shape index (κ3) is 3.00. The van der Waals surface area contributed by atoms with Gasteiger partial charge in [0.1, 0.15) is 0 Å². The highest BCUT2D eigenvalue weighted by molar-refractivity contribution is 5.29. The van der Waals surface area contributed by atoms with Gasteiger partial charge in [0.15, 0.2) is 11.6 Å². The van der Waals surface area contributed by atoms with Gasteiger partial charge in [-0.3, -0.25) is 0 Å². The molecule has 14 heavy (non-hydrogen) atoms. The van der Waals surface area contributed by atoms with Crippen molar-refractivity contribution in [2.24, 2.45) is 0 Å². The largest absolute Gasteiger partial charge is 0.491 e. The fraction of sp³-hybridized carbons (Fsp3) is 0.455. The summed E-state index contributed by atoms with van der Waals surface area (Å²) >= 11 is 0. The maximum absolute atomic E-state index is 13.3. The summed E-state index contributed by atoms with van der Waals surface area (Å²) in [5.74, 6) is 0.0428. The molecule has 0 bridgehead atoms. The summed E-state index contributed by atoms with van der Waals surface area (Å²) in [5.41, 5.74) is 0.955. The van der Waals surface area contributed by atoms with Crippen LogP contribution in [0.25, 0.3) is 0 Å². The Morgan fingerprint density at radius 3 is 2.57 bits per heavy atom. The van der Waals surface area contributed by atoms with Gasteiger partial charge in [-0.2, -0.15) is 0 Å². The van der Waals surface area contributed by atoms with Crippen LogP contribution >= 0.6 is 0 Å². The van der Waals surface area contributed by atoms with Gasteiger partial charge in [-0.25, -0.2) is 4.39 Å². The van der Waals surface area contributed by atoms with E-state index in [9.17, 15) is 4.39 Å². The number of ether oxygens (including phenoxy) is 1. The fourth-order valence-corrected chi connectivity index (χ4v) is 1.28. The van der Waals surface area contributed by atoms with Gasteiger partial charge in [0.05, 0.1) is 6.61 Å². The maximum atomic E-state index is 13.3. The predicted octanol–water partition coefficient (Wildman–Crippen LogP) is 2.29. The molecule has 0 heterocycles. The molecule has 0 aliphatic rings. The summed E-state index contributed by atoms with van der Waals surface area (Å²) in [5, 5.41) is 0. The van der Waals surface area contributed by atoms with Crippen molar-refractivity contribution in [3.05, 3.63) is 29.6 Å². The number of halogens is 1. The lowest BCUT2D eigenvalue weighted by molar-refractivity contribution is 0.320. The van der Waals surface area contributed by atoms with E-state index in [0.29, 0.717) is 12.4 Å². The van der Waals surface area contributed by atoms with E-state index in [1.165, 1.54) is 6.07 Å². The molecule has 3 heteroatoms. The van der Waals surface area contributed by atoms with Crippen LogP contribution in [-0.2, 0) is 6.54 Å². The first-order valence-electron chi connectivity index (χ1n) is 4.69. The molecule has 0 unspecified atom stereocenters. The summed E-state index contributed by atoms with van der Waals surface area (Å²) in [7, 11) is 3.91. The minimum absolute atomic E-state index is 0.286. The third-order valence-electron chi connectivity index (χ3n) is 1.79. The smallest absolute Gasteiger partial charge is 0.165 e. The Labute approximate surface area is 84.3 Å². The average Bonchev–Trinajstić information content (AvgIpc) is 2.09. The molecule has 0 aliphatic carbocycles. The monoisotopic (exact) mass is 197 g/mol. The zero-order valence-corrected chi connectivity index (χ0v) is 8.88. The van der Waals surface area contributed by atoms with Crippen LogP contribution in [0.5, 0.6) is 5.75 Å². The zero-order valence-electron chi connectivity index (χ0n) is 8.88. The molecule has 1 rings (SSSR count). The van der Waals surface area contributed by atoms with Gasteiger partial charge in [0.2, 0.25) is 0 Å². The molecule has 78 valence electrons. The van der Waals surface area contributed by atoms with E-state index in [1.54, 1.807) is 6.07 Å². The van der Waals surface area contributed by atoms with Crippen LogP contribution in [0.3, 0.4) is 0 Å². The van der Waals surface area contributed by atoms with Crippen LogP contribution in [0.4, 0.5) is 4.39 Å². The van der Waals surface area contributed by atoms with Crippen LogP contribution < -0.4 is 4.74 Å². The lowest BCUT2D eigenvalue weighted by Crippen LogP contribution is -2.10. The molecule has 0 amide bonds. The van der Waals surface area contributed by atoms with Crippen molar-refractivity contribution in [1.29, 1.82) is 0 Å². The number of benzene rings is 1. The third-order valence-corrected chi connectivity index (χ3v) is 1.79. The minimum atomic E-state index is -0.286. The van der Waals surface area contributed by atoms with Gasteiger partial charge in [-0.1, -0.05) is 6.07 Å². The normalized spacial score (nSPS) is 10.6. The molecular weight excluding hydrogens is 181 g/mol. The first kappa shape index (κ1) is 11.0. The molecule has 1 aromatic rings. The van der Waals surface area contributed by atoms with Crippen molar-refractivity contribution in [3.63, 3.8) is 0 Å². The van der Waals surface area contributed by atoms with Gasteiger partial charge >= 0.3 is 0 Å². The summed E-state index contributed by atoms with van der Waals surface area (Å²) < 4.78 is 18.5. The van der Waals surface area contributed by atoms with Crippen molar-refractivity contribution in [3.8, 4) is 5.75 Å².